The zero-order chi connectivity index (χ0) is 21.9. The second kappa shape index (κ2) is 8.72. The molecule has 1 aliphatic rings. The summed E-state index contributed by atoms with van der Waals surface area (Å²) in [7, 11) is 0. The molecule has 30 heavy (non-hydrogen) atoms. The van der Waals surface area contributed by atoms with Crippen LogP contribution in [0.15, 0.2) is 71.8 Å². The highest BCUT2D eigenvalue weighted by Crippen LogP contribution is 2.37. The van der Waals surface area contributed by atoms with Crippen LogP contribution in [-0.2, 0) is 4.79 Å². The molecule has 154 valence electrons. The van der Waals surface area contributed by atoms with Crippen molar-refractivity contribution in [1.29, 1.82) is 0 Å². The number of hydrogen-bond donors (Lipinski definition) is 1. The SMILES string of the molecule is CC(/C=C/C1=Cc2cc(C(=O)c3ccc(Cl)cc3)ccc2OCC1(C)C)=C\C(=O)O. The van der Waals surface area contributed by atoms with E-state index < -0.39 is 5.97 Å². The summed E-state index contributed by atoms with van der Waals surface area (Å²) in [6.07, 6.45) is 6.83. The van der Waals surface area contributed by atoms with E-state index in [4.69, 9.17) is 21.4 Å². The Morgan fingerprint density at radius 3 is 2.43 bits per heavy atom. The normalized spacial score (nSPS) is 15.7. The molecular weight excluding hydrogens is 400 g/mol. The summed E-state index contributed by atoms with van der Waals surface area (Å²) in [6, 6.07) is 12.2. The Kier molecular flexibility index (Phi) is 6.28. The largest absolute Gasteiger partial charge is 0.492 e. The van der Waals surface area contributed by atoms with E-state index in [0.29, 0.717) is 34.1 Å². The van der Waals surface area contributed by atoms with Gasteiger partial charge in [-0.25, -0.2) is 4.79 Å². The molecule has 1 N–H and O–H groups in total. The Bertz CT molecular complexity index is 1070. The Labute approximate surface area is 181 Å². The van der Waals surface area contributed by atoms with E-state index in [9.17, 15) is 9.59 Å². The van der Waals surface area contributed by atoms with Crippen LogP contribution in [0.5, 0.6) is 5.75 Å². The van der Waals surface area contributed by atoms with Crippen LogP contribution in [-0.4, -0.2) is 23.5 Å². The molecule has 0 fully saturated rings. The summed E-state index contributed by atoms with van der Waals surface area (Å²) in [5.41, 5.74) is 3.25. The number of ketones is 1. The van der Waals surface area contributed by atoms with Crippen molar-refractivity contribution in [3.63, 3.8) is 0 Å². The second-order valence-electron chi connectivity index (χ2n) is 7.92. The first-order valence-electron chi connectivity index (χ1n) is 9.54. The van der Waals surface area contributed by atoms with Gasteiger partial charge >= 0.3 is 5.97 Å². The van der Waals surface area contributed by atoms with Gasteiger partial charge in [0, 0.05) is 33.2 Å². The average molecular weight is 423 g/mol. The van der Waals surface area contributed by atoms with Crippen molar-refractivity contribution < 1.29 is 19.4 Å². The number of hydrogen-bond acceptors (Lipinski definition) is 3. The summed E-state index contributed by atoms with van der Waals surface area (Å²) in [5, 5.41) is 9.49. The van der Waals surface area contributed by atoms with Crippen LogP contribution in [0.2, 0.25) is 5.02 Å². The number of ether oxygens (including phenoxy) is 1. The minimum Gasteiger partial charge on any atom is -0.492 e. The smallest absolute Gasteiger partial charge is 0.328 e. The number of carboxylic acid groups (broad SMARTS) is 1. The van der Waals surface area contributed by atoms with Crippen LogP contribution in [0.25, 0.3) is 6.08 Å². The predicted molar refractivity (Wildman–Crippen MR) is 119 cm³/mol. The third-order valence-electron chi connectivity index (χ3n) is 4.94. The first kappa shape index (κ1) is 21.6. The van der Waals surface area contributed by atoms with Gasteiger partial charge in [0.1, 0.15) is 5.75 Å². The van der Waals surface area contributed by atoms with Gasteiger partial charge in [0.25, 0.3) is 0 Å². The van der Waals surface area contributed by atoms with Crippen molar-refractivity contribution in [3.05, 3.63) is 93.6 Å². The molecule has 0 bridgehead atoms. The van der Waals surface area contributed by atoms with E-state index in [2.05, 4.69) is 13.8 Å². The zero-order valence-electron chi connectivity index (χ0n) is 17.1. The number of carboxylic acids is 1. The number of fused-ring (bicyclic) bond motifs is 1. The van der Waals surface area contributed by atoms with Gasteiger partial charge in [-0.1, -0.05) is 37.6 Å². The number of halogens is 1. The molecule has 0 atom stereocenters. The molecule has 0 amide bonds. The Morgan fingerprint density at radius 2 is 1.77 bits per heavy atom. The summed E-state index contributed by atoms with van der Waals surface area (Å²) in [5.74, 6) is -0.370. The standard InChI is InChI=1S/C25H23ClO4/c1-16(12-23(27)28)4-8-20-14-19-13-18(7-11-22(19)30-15-25(20,2)3)24(29)17-5-9-21(26)10-6-17/h4-14H,15H2,1-3H3,(H,27,28)/b8-4+,16-12+. The maximum absolute atomic E-state index is 12.9. The van der Waals surface area contributed by atoms with Crippen molar-refractivity contribution in [3.8, 4) is 5.75 Å². The summed E-state index contributed by atoms with van der Waals surface area (Å²) in [4.78, 5) is 23.7. The van der Waals surface area contributed by atoms with Gasteiger partial charge in [-0.05, 0) is 66.6 Å². The lowest BCUT2D eigenvalue weighted by Crippen LogP contribution is -2.21. The molecule has 2 aromatic rings. The van der Waals surface area contributed by atoms with Gasteiger partial charge in [-0.2, -0.15) is 0 Å². The maximum atomic E-state index is 12.9. The topological polar surface area (TPSA) is 63.6 Å². The molecule has 4 nitrogen and oxygen atoms in total. The van der Waals surface area contributed by atoms with E-state index >= 15 is 0 Å². The fourth-order valence-corrected chi connectivity index (χ4v) is 3.27. The molecule has 5 heteroatoms. The van der Waals surface area contributed by atoms with Crippen molar-refractivity contribution in [1.82, 2.24) is 0 Å². The van der Waals surface area contributed by atoms with E-state index in [1.165, 1.54) is 0 Å². The average Bonchev–Trinajstić information content (AvgIpc) is 2.81. The van der Waals surface area contributed by atoms with Crippen LogP contribution < -0.4 is 4.74 Å². The van der Waals surface area contributed by atoms with Crippen LogP contribution in [0.1, 0.15) is 42.3 Å². The van der Waals surface area contributed by atoms with Crippen LogP contribution in [0.3, 0.4) is 0 Å². The molecule has 0 aliphatic carbocycles. The highest BCUT2D eigenvalue weighted by atomic mass is 35.5. The predicted octanol–water partition coefficient (Wildman–Crippen LogP) is 5.96. The lowest BCUT2D eigenvalue weighted by atomic mass is 9.83. The summed E-state index contributed by atoms with van der Waals surface area (Å²) in [6.45, 7) is 6.32. The van der Waals surface area contributed by atoms with Crippen LogP contribution in [0, 0.1) is 5.41 Å². The first-order valence-corrected chi connectivity index (χ1v) is 9.92. The Balaban J connectivity index is 1.99. The molecule has 2 aromatic carbocycles. The van der Waals surface area contributed by atoms with Crippen molar-refractivity contribution in [2.45, 2.75) is 20.8 Å². The van der Waals surface area contributed by atoms with Gasteiger partial charge in [0.15, 0.2) is 5.78 Å². The molecule has 0 saturated heterocycles. The third kappa shape index (κ3) is 5.08. The van der Waals surface area contributed by atoms with E-state index in [1.54, 1.807) is 43.3 Å². The second-order valence-corrected chi connectivity index (χ2v) is 8.36. The fraction of sp³-hybridized carbons (Fsp3) is 0.200. The Morgan fingerprint density at radius 1 is 1.10 bits per heavy atom. The van der Waals surface area contributed by atoms with Gasteiger partial charge in [-0.15, -0.1) is 0 Å². The van der Waals surface area contributed by atoms with Crippen molar-refractivity contribution in [2.24, 2.45) is 5.41 Å². The molecule has 0 saturated carbocycles. The van der Waals surface area contributed by atoms with E-state index in [0.717, 1.165) is 17.2 Å². The molecule has 0 unspecified atom stereocenters. The lowest BCUT2D eigenvalue weighted by Gasteiger charge is -2.24. The molecule has 3 rings (SSSR count). The van der Waals surface area contributed by atoms with Crippen molar-refractivity contribution >= 4 is 29.4 Å². The number of carbonyl (C=O) groups excluding carboxylic acids is 1. The fourth-order valence-electron chi connectivity index (χ4n) is 3.14. The van der Waals surface area contributed by atoms with E-state index in [1.807, 2.05) is 24.3 Å². The minimum atomic E-state index is -0.981. The van der Waals surface area contributed by atoms with E-state index in [-0.39, 0.29) is 11.2 Å². The monoisotopic (exact) mass is 422 g/mol. The van der Waals surface area contributed by atoms with Gasteiger partial charge in [0.05, 0.1) is 6.61 Å². The quantitative estimate of drug-likeness (QED) is 0.367. The highest BCUT2D eigenvalue weighted by Gasteiger charge is 2.26. The van der Waals surface area contributed by atoms with Gasteiger partial charge < -0.3 is 9.84 Å². The molecule has 0 aromatic heterocycles. The number of aliphatic carboxylic acids is 1. The van der Waals surface area contributed by atoms with Crippen molar-refractivity contribution in [2.75, 3.05) is 6.61 Å². The van der Waals surface area contributed by atoms with Gasteiger partial charge in [0.2, 0.25) is 0 Å². The summed E-state index contributed by atoms with van der Waals surface area (Å²) >= 11 is 5.92. The molecule has 1 heterocycles. The van der Waals surface area contributed by atoms with Gasteiger partial charge in [-0.3, -0.25) is 4.79 Å². The van der Waals surface area contributed by atoms with Crippen LogP contribution in [0.4, 0.5) is 0 Å². The number of rotatable bonds is 5. The molecule has 0 radical (unpaired) electrons. The minimum absolute atomic E-state index is 0.0938. The highest BCUT2D eigenvalue weighted by molar-refractivity contribution is 6.30. The van der Waals surface area contributed by atoms with Crippen LogP contribution >= 0.6 is 11.6 Å². The zero-order valence-corrected chi connectivity index (χ0v) is 17.9. The number of carbonyl (C=O) groups is 2. The molecule has 0 spiro atoms. The maximum Gasteiger partial charge on any atom is 0.328 e. The Hall–Kier alpha value is -3.11. The summed E-state index contributed by atoms with van der Waals surface area (Å²) < 4.78 is 6.00. The third-order valence-corrected chi connectivity index (χ3v) is 5.19. The molecule has 1 aliphatic heterocycles. The number of benzene rings is 2. The molecular formula is C25H23ClO4. The first-order chi connectivity index (χ1) is 14.2. The lowest BCUT2D eigenvalue weighted by molar-refractivity contribution is -0.131. The number of allylic oxidation sites excluding steroid dienone is 3.